The molecular formula is C17H19BrClNO. The molecule has 0 aliphatic carbocycles. The summed E-state index contributed by atoms with van der Waals surface area (Å²) in [6, 6.07) is 14.3. The second-order valence-corrected chi connectivity index (χ2v) is 6.14. The number of hydrogen-bond donors (Lipinski definition) is 1. The zero-order valence-electron chi connectivity index (χ0n) is 12.2. The van der Waals surface area contributed by atoms with Crippen molar-refractivity contribution in [2.75, 3.05) is 7.11 Å². The van der Waals surface area contributed by atoms with Gasteiger partial charge >= 0.3 is 0 Å². The summed E-state index contributed by atoms with van der Waals surface area (Å²) in [5.74, 6) is 0.866. The van der Waals surface area contributed by atoms with Crippen molar-refractivity contribution in [2.45, 2.75) is 25.9 Å². The summed E-state index contributed by atoms with van der Waals surface area (Å²) in [5, 5.41) is 4.35. The molecule has 2 nitrogen and oxygen atoms in total. The maximum Gasteiger partial charge on any atom is 0.119 e. The van der Waals surface area contributed by atoms with E-state index in [1.165, 1.54) is 11.1 Å². The zero-order chi connectivity index (χ0) is 15.2. The molecule has 0 spiro atoms. The van der Waals surface area contributed by atoms with E-state index in [1.807, 2.05) is 36.4 Å². The van der Waals surface area contributed by atoms with Crippen LogP contribution in [0.2, 0.25) is 5.02 Å². The lowest BCUT2D eigenvalue weighted by molar-refractivity contribution is 0.413. The van der Waals surface area contributed by atoms with Crippen LogP contribution in [0.5, 0.6) is 5.75 Å². The molecule has 0 radical (unpaired) electrons. The van der Waals surface area contributed by atoms with Gasteiger partial charge in [0.2, 0.25) is 0 Å². The predicted octanol–water partition coefficient (Wildman–Crippen LogP) is 5.35. The van der Waals surface area contributed by atoms with E-state index in [0.29, 0.717) is 0 Å². The molecule has 0 aliphatic rings. The Morgan fingerprint density at radius 1 is 1.24 bits per heavy atom. The van der Waals surface area contributed by atoms with Gasteiger partial charge in [0.15, 0.2) is 0 Å². The monoisotopic (exact) mass is 367 g/mol. The van der Waals surface area contributed by atoms with Gasteiger partial charge in [0, 0.05) is 22.1 Å². The normalized spacial score (nSPS) is 12.2. The molecule has 0 saturated heterocycles. The Morgan fingerprint density at radius 2 is 2.05 bits per heavy atom. The van der Waals surface area contributed by atoms with Crippen molar-refractivity contribution in [2.24, 2.45) is 0 Å². The Labute approximate surface area is 139 Å². The average molecular weight is 369 g/mol. The summed E-state index contributed by atoms with van der Waals surface area (Å²) < 4.78 is 6.36. The first-order valence-corrected chi connectivity index (χ1v) is 8.12. The molecule has 2 aromatic rings. The van der Waals surface area contributed by atoms with Crippen LogP contribution in [0.3, 0.4) is 0 Å². The summed E-state index contributed by atoms with van der Waals surface area (Å²) in [4.78, 5) is 0. The molecule has 4 heteroatoms. The highest BCUT2D eigenvalue weighted by molar-refractivity contribution is 9.10. The Kier molecular flexibility index (Phi) is 6.09. The summed E-state index contributed by atoms with van der Waals surface area (Å²) in [6.07, 6.45) is 1.00. The minimum absolute atomic E-state index is 0.279. The van der Waals surface area contributed by atoms with Crippen molar-refractivity contribution in [3.63, 3.8) is 0 Å². The fraction of sp³-hybridized carbons (Fsp3) is 0.294. The summed E-state index contributed by atoms with van der Waals surface area (Å²) in [5.41, 5.74) is 2.39. The van der Waals surface area contributed by atoms with Crippen LogP contribution in [0.25, 0.3) is 0 Å². The van der Waals surface area contributed by atoms with Crippen molar-refractivity contribution in [3.8, 4) is 5.75 Å². The maximum absolute atomic E-state index is 6.08. The van der Waals surface area contributed by atoms with E-state index in [4.69, 9.17) is 16.3 Å². The van der Waals surface area contributed by atoms with Gasteiger partial charge in [-0.15, -0.1) is 0 Å². The molecule has 0 bridgehead atoms. The lowest BCUT2D eigenvalue weighted by Gasteiger charge is -2.18. The highest BCUT2D eigenvalue weighted by atomic mass is 79.9. The van der Waals surface area contributed by atoms with Crippen LogP contribution in [-0.2, 0) is 6.54 Å². The zero-order valence-corrected chi connectivity index (χ0v) is 14.5. The van der Waals surface area contributed by atoms with Crippen LogP contribution in [-0.4, -0.2) is 7.11 Å². The largest absolute Gasteiger partial charge is 0.497 e. The van der Waals surface area contributed by atoms with Gasteiger partial charge < -0.3 is 10.1 Å². The minimum atomic E-state index is 0.279. The third kappa shape index (κ3) is 4.47. The Hall–Kier alpha value is -1.03. The lowest BCUT2D eigenvalue weighted by atomic mass is 10.0. The van der Waals surface area contributed by atoms with Crippen LogP contribution in [0.1, 0.15) is 30.5 Å². The number of ether oxygens (including phenoxy) is 1. The predicted molar refractivity (Wildman–Crippen MR) is 92.0 cm³/mol. The van der Waals surface area contributed by atoms with Gasteiger partial charge in [0.25, 0.3) is 0 Å². The van der Waals surface area contributed by atoms with E-state index in [0.717, 1.165) is 28.2 Å². The number of nitrogens with one attached hydrogen (secondary N) is 1. The first kappa shape index (κ1) is 16.3. The Bertz CT molecular complexity index is 603. The van der Waals surface area contributed by atoms with E-state index in [1.54, 1.807) is 7.11 Å². The number of methoxy groups -OCH3 is 1. The van der Waals surface area contributed by atoms with Gasteiger partial charge in [0.05, 0.1) is 7.11 Å². The molecule has 1 unspecified atom stereocenters. The molecule has 21 heavy (non-hydrogen) atoms. The summed E-state index contributed by atoms with van der Waals surface area (Å²) >= 11 is 9.66. The van der Waals surface area contributed by atoms with Crippen LogP contribution >= 0.6 is 27.5 Å². The minimum Gasteiger partial charge on any atom is -0.497 e. The lowest BCUT2D eigenvalue weighted by Crippen LogP contribution is -2.20. The molecule has 1 atom stereocenters. The second-order valence-electron chi connectivity index (χ2n) is 4.85. The van der Waals surface area contributed by atoms with Crippen molar-refractivity contribution < 1.29 is 4.74 Å². The number of halogens is 2. The number of benzene rings is 2. The molecule has 0 aliphatic heterocycles. The first-order chi connectivity index (χ1) is 10.1. The smallest absolute Gasteiger partial charge is 0.119 e. The van der Waals surface area contributed by atoms with Crippen LogP contribution in [0.15, 0.2) is 46.9 Å². The molecule has 2 rings (SSSR count). The molecule has 0 amide bonds. The molecule has 0 heterocycles. The van der Waals surface area contributed by atoms with Gasteiger partial charge in [-0.2, -0.15) is 0 Å². The highest BCUT2D eigenvalue weighted by Gasteiger charge is 2.10. The Morgan fingerprint density at radius 3 is 2.71 bits per heavy atom. The van der Waals surface area contributed by atoms with Crippen molar-refractivity contribution in [1.82, 2.24) is 5.32 Å². The number of hydrogen-bond acceptors (Lipinski definition) is 2. The van der Waals surface area contributed by atoms with Gasteiger partial charge in [-0.3, -0.25) is 0 Å². The van der Waals surface area contributed by atoms with Gasteiger partial charge in [0.1, 0.15) is 5.75 Å². The van der Waals surface area contributed by atoms with Crippen molar-refractivity contribution in [3.05, 3.63) is 63.1 Å². The summed E-state index contributed by atoms with van der Waals surface area (Å²) in [6.45, 7) is 2.93. The standard InChI is InChI=1S/C17H19BrClNO/c1-3-17(12-5-4-6-14(19)9-12)20-11-13-10-15(21-2)7-8-16(13)18/h4-10,17,20H,3,11H2,1-2H3. The van der Waals surface area contributed by atoms with Crippen molar-refractivity contribution in [1.29, 1.82) is 0 Å². The molecule has 1 N–H and O–H groups in total. The Balaban J connectivity index is 2.10. The van der Waals surface area contributed by atoms with E-state index in [9.17, 15) is 0 Å². The molecule has 0 fully saturated rings. The van der Waals surface area contributed by atoms with Crippen LogP contribution in [0.4, 0.5) is 0 Å². The van der Waals surface area contributed by atoms with Gasteiger partial charge in [-0.25, -0.2) is 0 Å². The highest BCUT2D eigenvalue weighted by Crippen LogP contribution is 2.25. The van der Waals surface area contributed by atoms with Crippen molar-refractivity contribution >= 4 is 27.5 Å². The molecule has 2 aromatic carbocycles. The quantitative estimate of drug-likeness (QED) is 0.742. The third-order valence-electron chi connectivity index (χ3n) is 3.45. The van der Waals surface area contributed by atoms with Crippen LogP contribution < -0.4 is 10.1 Å². The van der Waals surface area contributed by atoms with Gasteiger partial charge in [-0.1, -0.05) is 46.6 Å². The molecule has 0 saturated carbocycles. The topological polar surface area (TPSA) is 21.3 Å². The fourth-order valence-electron chi connectivity index (χ4n) is 2.27. The molecular weight excluding hydrogens is 350 g/mol. The first-order valence-electron chi connectivity index (χ1n) is 6.95. The molecule has 0 aromatic heterocycles. The SMILES string of the molecule is CCC(NCc1cc(OC)ccc1Br)c1cccc(Cl)c1. The van der Waals surface area contributed by atoms with Gasteiger partial charge in [-0.05, 0) is 47.9 Å². The van der Waals surface area contributed by atoms with Crippen LogP contribution in [0, 0.1) is 0 Å². The van der Waals surface area contributed by atoms with E-state index < -0.39 is 0 Å². The van der Waals surface area contributed by atoms with E-state index >= 15 is 0 Å². The number of rotatable bonds is 6. The second kappa shape index (κ2) is 7.83. The maximum atomic E-state index is 6.08. The summed E-state index contributed by atoms with van der Waals surface area (Å²) in [7, 11) is 1.68. The van der Waals surface area contributed by atoms with E-state index in [2.05, 4.69) is 34.2 Å². The van der Waals surface area contributed by atoms with E-state index in [-0.39, 0.29) is 6.04 Å². The fourth-order valence-corrected chi connectivity index (χ4v) is 2.85. The third-order valence-corrected chi connectivity index (χ3v) is 4.46. The average Bonchev–Trinajstić information content (AvgIpc) is 2.49. The molecule has 112 valence electrons.